The van der Waals surface area contributed by atoms with E-state index in [1.165, 1.54) is 30.0 Å². The van der Waals surface area contributed by atoms with Crippen LogP contribution in [-0.4, -0.2) is 27.2 Å². The first-order chi connectivity index (χ1) is 13.9. The lowest BCUT2D eigenvalue weighted by atomic mass is 10.1. The summed E-state index contributed by atoms with van der Waals surface area (Å²) < 4.78 is 20.8. The number of thioether (sulfide) groups is 1. The van der Waals surface area contributed by atoms with E-state index in [0.717, 1.165) is 5.16 Å². The molecule has 29 heavy (non-hydrogen) atoms. The first kappa shape index (κ1) is 21.1. The second-order valence-electron chi connectivity index (χ2n) is 6.02. The Balaban J connectivity index is 1.62. The van der Waals surface area contributed by atoms with Gasteiger partial charge in [0.1, 0.15) is 12.4 Å². The van der Waals surface area contributed by atoms with Crippen molar-refractivity contribution in [2.75, 3.05) is 11.1 Å². The van der Waals surface area contributed by atoms with Gasteiger partial charge in [-0.2, -0.15) is 0 Å². The number of aryl methyl sites for hydroxylation is 1. The number of nitrogens with one attached hydrogen (secondary N) is 1. The molecule has 0 unspecified atom stereocenters. The molecular weight excluding hydrogens is 461 g/mol. The molecule has 150 valence electrons. The van der Waals surface area contributed by atoms with Crippen molar-refractivity contribution in [1.82, 2.24) is 9.55 Å². The van der Waals surface area contributed by atoms with E-state index in [-0.39, 0.29) is 29.6 Å². The van der Waals surface area contributed by atoms with Crippen LogP contribution in [0.3, 0.4) is 0 Å². The average molecular weight is 478 g/mol. The van der Waals surface area contributed by atoms with E-state index in [4.69, 9.17) is 4.74 Å². The topological polar surface area (TPSA) is 73.2 Å². The Morgan fingerprint density at radius 1 is 1.28 bits per heavy atom. The van der Waals surface area contributed by atoms with Gasteiger partial charge in [0.15, 0.2) is 5.16 Å². The predicted octanol–water partition coefficient (Wildman–Crippen LogP) is 4.41. The molecule has 0 atom stereocenters. The van der Waals surface area contributed by atoms with E-state index in [2.05, 4.69) is 26.2 Å². The number of rotatable bonds is 7. The van der Waals surface area contributed by atoms with Crippen molar-refractivity contribution >= 4 is 45.3 Å². The minimum Gasteiger partial charge on any atom is -0.457 e. The normalized spacial score (nSPS) is 10.6. The molecule has 1 heterocycles. The highest BCUT2D eigenvalue weighted by Crippen LogP contribution is 2.22. The number of para-hydroxylation sites is 1. The largest absolute Gasteiger partial charge is 0.457 e. The molecule has 0 radical (unpaired) electrons. The fourth-order valence-electron chi connectivity index (χ4n) is 2.44. The third-order valence-corrected chi connectivity index (χ3v) is 5.70. The molecule has 3 aromatic rings. The zero-order valence-corrected chi connectivity index (χ0v) is 17.8. The van der Waals surface area contributed by atoms with Crippen LogP contribution in [0.5, 0.6) is 0 Å². The smallest absolute Gasteiger partial charge is 0.340 e. The van der Waals surface area contributed by atoms with E-state index < -0.39 is 5.97 Å². The SMILES string of the molecule is Cn1ccnc1SCC(=O)Nc1ccccc1C(=O)OCc1ccc(F)cc1Br. The van der Waals surface area contributed by atoms with Crippen LogP contribution < -0.4 is 5.32 Å². The van der Waals surface area contributed by atoms with Crippen LogP contribution in [0.2, 0.25) is 0 Å². The van der Waals surface area contributed by atoms with Crippen molar-refractivity contribution in [3.63, 3.8) is 0 Å². The number of halogens is 2. The molecule has 2 aromatic carbocycles. The zero-order valence-electron chi connectivity index (χ0n) is 15.4. The van der Waals surface area contributed by atoms with Crippen molar-refractivity contribution in [3.8, 4) is 0 Å². The van der Waals surface area contributed by atoms with E-state index in [9.17, 15) is 14.0 Å². The van der Waals surface area contributed by atoms with Gasteiger partial charge in [0.05, 0.1) is 17.0 Å². The van der Waals surface area contributed by atoms with Crippen LogP contribution in [0.1, 0.15) is 15.9 Å². The summed E-state index contributed by atoms with van der Waals surface area (Å²) in [6.45, 7) is -0.0308. The number of anilines is 1. The maximum absolute atomic E-state index is 13.2. The number of carbonyl (C=O) groups excluding carboxylic acids is 2. The first-order valence-electron chi connectivity index (χ1n) is 8.54. The van der Waals surface area contributed by atoms with Crippen LogP contribution >= 0.6 is 27.7 Å². The first-order valence-corrected chi connectivity index (χ1v) is 10.3. The van der Waals surface area contributed by atoms with Gasteiger partial charge >= 0.3 is 5.97 Å². The molecule has 0 aliphatic carbocycles. The molecule has 0 spiro atoms. The highest BCUT2D eigenvalue weighted by atomic mass is 79.9. The molecule has 1 amide bonds. The van der Waals surface area contributed by atoms with E-state index >= 15 is 0 Å². The molecule has 0 saturated carbocycles. The molecule has 0 saturated heterocycles. The van der Waals surface area contributed by atoms with Gasteiger partial charge in [0.2, 0.25) is 5.91 Å². The fraction of sp³-hybridized carbons (Fsp3) is 0.150. The Kier molecular flexibility index (Phi) is 7.05. The standard InChI is InChI=1S/C20H17BrFN3O3S/c1-25-9-8-23-20(25)29-12-18(26)24-17-5-3-2-4-15(17)19(27)28-11-13-6-7-14(22)10-16(13)21/h2-10H,11-12H2,1H3,(H,24,26). The van der Waals surface area contributed by atoms with Crippen molar-refractivity contribution in [1.29, 1.82) is 0 Å². The van der Waals surface area contributed by atoms with Crippen LogP contribution in [0, 0.1) is 5.82 Å². The van der Waals surface area contributed by atoms with Crippen molar-refractivity contribution < 1.29 is 18.7 Å². The van der Waals surface area contributed by atoms with E-state index in [0.29, 0.717) is 15.7 Å². The summed E-state index contributed by atoms with van der Waals surface area (Å²) in [6, 6.07) is 10.7. The van der Waals surface area contributed by atoms with E-state index in [1.54, 1.807) is 36.7 Å². The Morgan fingerprint density at radius 3 is 2.79 bits per heavy atom. The summed E-state index contributed by atoms with van der Waals surface area (Å²) >= 11 is 4.54. The number of esters is 1. The molecule has 0 aliphatic rings. The molecule has 1 N–H and O–H groups in total. The van der Waals surface area contributed by atoms with Gasteiger partial charge in [-0.1, -0.05) is 45.9 Å². The van der Waals surface area contributed by atoms with E-state index in [1.807, 2.05) is 11.6 Å². The number of imidazole rings is 1. The van der Waals surface area contributed by atoms with Gasteiger partial charge in [-0.3, -0.25) is 4.79 Å². The Morgan fingerprint density at radius 2 is 2.07 bits per heavy atom. The monoisotopic (exact) mass is 477 g/mol. The summed E-state index contributed by atoms with van der Waals surface area (Å²) in [4.78, 5) is 28.9. The van der Waals surface area contributed by atoms with Gasteiger partial charge < -0.3 is 14.6 Å². The second-order valence-corrected chi connectivity index (χ2v) is 7.81. The number of nitrogens with zero attached hydrogens (tertiary/aromatic N) is 2. The Bertz CT molecular complexity index is 1040. The lowest BCUT2D eigenvalue weighted by Crippen LogP contribution is -2.17. The number of benzene rings is 2. The number of amides is 1. The molecule has 1 aromatic heterocycles. The number of hydrogen-bond acceptors (Lipinski definition) is 5. The van der Waals surface area contributed by atoms with Crippen LogP contribution in [0.15, 0.2) is 64.5 Å². The highest BCUT2D eigenvalue weighted by molar-refractivity contribution is 9.10. The minimum absolute atomic E-state index is 0.0308. The van der Waals surface area contributed by atoms with Gasteiger partial charge in [0, 0.05) is 29.5 Å². The maximum Gasteiger partial charge on any atom is 0.340 e. The molecule has 9 heteroatoms. The van der Waals surface area contributed by atoms with Crippen molar-refractivity contribution in [2.45, 2.75) is 11.8 Å². The van der Waals surface area contributed by atoms with Crippen LogP contribution in [-0.2, 0) is 23.2 Å². The summed E-state index contributed by atoms with van der Waals surface area (Å²) in [5, 5.41) is 3.45. The Labute approximate surface area is 179 Å². The predicted molar refractivity (Wildman–Crippen MR) is 112 cm³/mol. The zero-order chi connectivity index (χ0) is 20.8. The van der Waals surface area contributed by atoms with Crippen LogP contribution in [0.4, 0.5) is 10.1 Å². The lowest BCUT2D eigenvalue weighted by molar-refractivity contribution is -0.113. The van der Waals surface area contributed by atoms with Gasteiger partial charge in [0.25, 0.3) is 0 Å². The molecule has 6 nitrogen and oxygen atoms in total. The maximum atomic E-state index is 13.2. The number of ether oxygens (including phenoxy) is 1. The third-order valence-electron chi connectivity index (χ3n) is 3.90. The van der Waals surface area contributed by atoms with Gasteiger partial charge in [-0.25, -0.2) is 14.2 Å². The highest BCUT2D eigenvalue weighted by Gasteiger charge is 2.16. The van der Waals surface area contributed by atoms with Crippen molar-refractivity contribution in [3.05, 3.63) is 76.3 Å². The second kappa shape index (κ2) is 9.71. The summed E-state index contributed by atoms with van der Waals surface area (Å²) in [6.07, 6.45) is 3.45. The van der Waals surface area contributed by atoms with Gasteiger partial charge in [-0.05, 0) is 24.3 Å². The molecule has 0 aliphatic heterocycles. The molecule has 0 bridgehead atoms. The molecule has 0 fully saturated rings. The number of hydrogen-bond donors (Lipinski definition) is 1. The summed E-state index contributed by atoms with van der Waals surface area (Å²) in [7, 11) is 1.85. The minimum atomic E-state index is -0.589. The number of aromatic nitrogens is 2. The Hall–Kier alpha value is -2.65. The van der Waals surface area contributed by atoms with Crippen molar-refractivity contribution in [2.24, 2.45) is 7.05 Å². The lowest BCUT2D eigenvalue weighted by Gasteiger charge is -2.11. The molecular formula is C20H17BrFN3O3S. The third kappa shape index (κ3) is 5.68. The molecule has 3 rings (SSSR count). The fourth-order valence-corrected chi connectivity index (χ4v) is 3.63. The quantitative estimate of drug-likeness (QED) is 0.403. The number of carbonyl (C=O) groups is 2. The average Bonchev–Trinajstić information content (AvgIpc) is 3.11. The van der Waals surface area contributed by atoms with Gasteiger partial charge in [-0.15, -0.1) is 0 Å². The van der Waals surface area contributed by atoms with Crippen LogP contribution in [0.25, 0.3) is 0 Å². The summed E-state index contributed by atoms with van der Waals surface area (Å²) in [5.74, 6) is -1.09. The summed E-state index contributed by atoms with van der Waals surface area (Å²) in [5.41, 5.74) is 1.23.